The number of aromatic nitrogens is 1. The van der Waals surface area contributed by atoms with Crippen molar-refractivity contribution in [3.63, 3.8) is 0 Å². The van der Waals surface area contributed by atoms with Crippen molar-refractivity contribution in [3.05, 3.63) is 59.8 Å². The van der Waals surface area contributed by atoms with Gasteiger partial charge in [-0.1, -0.05) is 48.5 Å². The summed E-state index contributed by atoms with van der Waals surface area (Å²) in [6.07, 6.45) is 8.33. The quantitative estimate of drug-likeness (QED) is 0.522. The molecule has 1 N–H and O–H groups in total. The molecule has 4 rings (SSSR count). The summed E-state index contributed by atoms with van der Waals surface area (Å²) >= 11 is 1.49. The molecule has 1 aromatic heterocycles. The Hall–Kier alpha value is -2.14. The lowest BCUT2D eigenvalue weighted by Gasteiger charge is -2.22. The standard InChI is InChI=1S/C23H26N2O2S/c26-12-10-21(17-5-2-1-3-6-17)28-23-20(7-4-11-24-23)22(27)25-15-19-14-16-8-9-18(19)13-16/h1-7,11-12,16,18-19,21H,8-10,13-15H2,(H,25,27). The van der Waals surface area contributed by atoms with Crippen LogP contribution in [0.5, 0.6) is 0 Å². The molecule has 1 heterocycles. The third-order valence-corrected chi connectivity index (χ3v) is 7.46. The van der Waals surface area contributed by atoms with Crippen molar-refractivity contribution in [3.8, 4) is 0 Å². The molecule has 4 unspecified atom stereocenters. The van der Waals surface area contributed by atoms with Crippen LogP contribution < -0.4 is 5.32 Å². The van der Waals surface area contributed by atoms with Crippen molar-refractivity contribution in [2.24, 2.45) is 17.8 Å². The largest absolute Gasteiger partial charge is 0.352 e. The number of carbonyl (C=O) groups is 2. The lowest BCUT2D eigenvalue weighted by atomic mass is 9.89. The molecule has 0 spiro atoms. The van der Waals surface area contributed by atoms with E-state index in [9.17, 15) is 9.59 Å². The maximum atomic E-state index is 12.9. The van der Waals surface area contributed by atoms with E-state index in [1.165, 1.54) is 37.4 Å². The average Bonchev–Trinajstić information content (AvgIpc) is 3.36. The maximum Gasteiger partial charge on any atom is 0.254 e. The van der Waals surface area contributed by atoms with E-state index in [-0.39, 0.29) is 11.2 Å². The topological polar surface area (TPSA) is 59.1 Å². The Balaban J connectivity index is 1.45. The Morgan fingerprint density at radius 1 is 1.18 bits per heavy atom. The second-order valence-electron chi connectivity index (χ2n) is 7.92. The number of amides is 1. The summed E-state index contributed by atoms with van der Waals surface area (Å²) in [5.41, 5.74) is 1.67. The van der Waals surface area contributed by atoms with Crippen LogP contribution in [-0.4, -0.2) is 23.7 Å². The molecule has 2 bridgehead atoms. The molecule has 1 aromatic carbocycles. The highest BCUT2D eigenvalue weighted by atomic mass is 32.2. The van der Waals surface area contributed by atoms with Gasteiger partial charge >= 0.3 is 0 Å². The molecule has 5 heteroatoms. The average molecular weight is 395 g/mol. The van der Waals surface area contributed by atoms with Crippen LogP contribution in [0.25, 0.3) is 0 Å². The van der Waals surface area contributed by atoms with Gasteiger partial charge in [-0.25, -0.2) is 4.98 Å². The second-order valence-corrected chi connectivity index (χ2v) is 9.11. The molecule has 2 aromatic rings. The van der Waals surface area contributed by atoms with Gasteiger partial charge in [0, 0.05) is 24.4 Å². The summed E-state index contributed by atoms with van der Waals surface area (Å²) in [6.45, 7) is 0.759. The van der Waals surface area contributed by atoms with E-state index in [2.05, 4.69) is 10.3 Å². The van der Waals surface area contributed by atoms with Gasteiger partial charge in [-0.15, -0.1) is 0 Å². The zero-order valence-corrected chi connectivity index (χ0v) is 16.7. The Morgan fingerprint density at radius 2 is 2.04 bits per heavy atom. The first-order chi connectivity index (χ1) is 13.7. The van der Waals surface area contributed by atoms with Crippen molar-refractivity contribution in [2.75, 3.05) is 6.54 Å². The molecule has 146 valence electrons. The number of carbonyl (C=O) groups excluding carboxylic acids is 2. The fourth-order valence-corrected chi connectivity index (χ4v) is 5.89. The van der Waals surface area contributed by atoms with Gasteiger partial charge in [0.1, 0.15) is 11.3 Å². The molecule has 28 heavy (non-hydrogen) atoms. The van der Waals surface area contributed by atoms with Crippen molar-refractivity contribution < 1.29 is 9.59 Å². The van der Waals surface area contributed by atoms with Gasteiger partial charge in [-0.05, 0) is 54.7 Å². The third kappa shape index (κ3) is 4.30. The van der Waals surface area contributed by atoms with Crippen LogP contribution in [0.4, 0.5) is 0 Å². The molecule has 1 amide bonds. The summed E-state index contributed by atoms with van der Waals surface area (Å²) in [7, 11) is 0. The number of fused-ring (bicyclic) bond motifs is 2. The zero-order chi connectivity index (χ0) is 19.3. The summed E-state index contributed by atoms with van der Waals surface area (Å²) in [6, 6.07) is 13.5. The smallest absolute Gasteiger partial charge is 0.254 e. The van der Waals surface area contributed by atoms with Gasteiger partial charge in [0.15, 0.2) is 0 Å². The predicted octanol–water partition coefficient (Wildman–Crippen LogP) is 4.67. The van der Waals surface area contributed by atoms with E-state index < -0.39 is 0 Å². The molecule has 2 saturated carbocycles. The monoisotopic (exact) mass is 394 g/mol. The summed E-state index contributed by atoms with van der Waals surface area (Å²) in [5.74, 6) is 2.24. The Morgan fingerprint density at radius 3 is 2.75 bits per heavy atom. The van der Waals surface area contributed by atoms with Gasteiger partial charge in [0.05, 0.1) is 5.56 Å². The molecule has 0 aliphatic heterocycles. The van der Waals surface area contributed by atoms with Crippen molar-refractivity contribution in [2.45, 2.75) is 42.4 Å². The highest BCUT2D eigenvalue weighted by molar-refractivity contribution is 7.99. The normalized spacial score (nSPS) is 24.1. The van der Waals surface area contributed by atoms with Crippen LogP contribution in [0, 0.1) is 17.8 Å². The van der Waals surface area contributed by atoms with Crippen LogP contribution >= 0.6 is 11.8 Å². The van der Waals surface area contributed by atoms with Crippen molar-refractivity contribution >= 4 is 24.0 Å². The number of hydrogen-bond donors (Lipinski definition) is 1. The van der Waals surface area contributed by atoms with Gasteiger partial charge in [0.2, 0.25) is 0 Å². The lowest BCUT2D eigenvalue weighted by molar-refractivity contribution is -0.107. The number of rotatable bonds is 8. The van der Waals surface area contributed by atoms with Gasteiger partial charge in [-0.3, -0.25) is 4.79 Å². The number of benzene rings is 1. The van der Waals surface area contributed by atoms with Crippen LogP contribution in [0.1, 0.15) is 53.3 Å². The number of hydrogen-bond acceptors (Lipinski definition) is 4. The molecule has 2 fully saturated rings. The first kappa shape index (κ1) is 19.2. The molecule has 4 atom stereocenters. The van der Waals surface area contributed by atoms with Crippen LogP contribution in [0.15, 0.2) is 53.7 Å². The van der Waals surface area contributed by atoms with Crippen molar-refractivity contribution in [1.82, 2.24) is 10.3 Å². The van der Waals surface area contributed by atoms with Crippen LogP contribution in [0.2, 0.25) is 0 Å². The minimum Gasteiger partial charge on any atom is -0.352 e. The first-order valence-corrected chi connectivity index (χ1v) is 11.0. The van der Waals surface area contributed by atoms with Gasteiger partial charge < -0.3 is 10.1 Å². The van der Waals surface area contributed by atoms with E-state index in [0.29, 0.717) is 22.9 Å². The number of nitrogens with zero attached hydrogens (tertiary/aromatic N) is 1. The van der Waals surface area contributed by atoms with E-state index in [1.54, 1.807) is 12.3 Å². The van der Waals surface area contributed by atoms with Crippen LogP contribution in [-0.2, 0) is 4.79 Å². The van der Waals surface area contributed by atoms with E-state index in [1.807, 2.05) is 36.4 Å². The lowest BCUT2D eigenvalue weighted by Crippen LogP contribution is -2.32. The Kier molecular flexibility index (Phi) is 6.10. The fraction of sp³-hybridized carbons (Fsp3) is 0.435. The van der Waals surface area contributed by atoms with E-state index >= 15 is 0 Å². The number of aldehydes is 1. The number of pyridine rings is 1. The Bertz CT molecular complexity index is 826. The van der Waals surface area contributed by atoms with Gasteiger partial charge in [-0.2, -0.15) is 0 Å². The summed E-state index contributed by atoms with van der Waals surface area (Å²) < 4.78 is 0. The highest BCUT2D eigenvalue weighted by Crippen LogP contribution is 2.48. The molecular weight excluding hydrogens is 368 g/mol. The van der Waals surface area contributed by atoms with E-state index in [4.69, 9.17) is 0 Å². The highest BCUT2D eigenvalue weighted by Gasteiger charge is 2.39. The molecular formula is C23H26N2O2S. The number of nitrogens with one attached hydrogen (secondary N) is 1. The summed E-state index contributed by atoms with van der Waals surface area (Å²) in [5, 5.41) is 3.78. The Labute approximate surface area is 170 Å². The zero-order valence-electron chi connectivity index (χ0n) is 15.9. The summed E-state index contributed by atoms with van der Waals surface area (Å²) in [4.78, 5) is 28.5. The minimum atomic E-state index is -0.0590. The van der Waals surface area contributed by atoms with Gasteiger partial charge in [0.25, 0.3) is 5.91 Å². The number of thioether (sulfide) groups is 1. The molecule has 0 radical (unpaired) electrons. The molecule has 2 aliphatic rings. The third-order valence-electron chi connectivity index (χ3n) is 6.16. The van der Waals surface area contributed by atoms with E-state index in [0.717, 1.165) is 30.2 Å². The SMILES string of the molecule is O=CCC(Sc1ncccc1C(=O)NCC1CC2CCC1C2)c1ccccc1. The van der Waals surface area contributed by atoms with Crippen molar-refractivity contribution in [1.29, 1.82) is 0 Å². The molecule has 2 aliphatic carbocycles. The maximum absolute atomic E-state index is 12.9. The fourth-order valence-electron chi connectivity index (χ4n) is 4.75. The van der Waals surface area contributed by atoms with Crippen LogP contribution in [0.3, 0.4) is 0 Å². The molecule has 4 nitrogen and oxygen atoms in total. The second kappa shape index (κ2) is 8.91. The molecule has 0 saturated heterocycles. The predicted molar refractivity (Wildman–Crippen MR) is 111 cm³/mol. The first-order valence-electron chi connectivity index (χ1n) is 10.1. The minimum absolute atomic E-state index is 0.0503.